The van der Waals surface area contributed by atoms with E-state index in [1.54, 1.807) is 6.08 Å². The molecule has 20 heavy (non-hydrogen) atoms. The van der Waals surface area contributed by atoms with Gasteiger partial charge in [-0.2, -0.15) is 0 Å². The van der Waals surface area contributed by atoms with Gasteiger partial charge in [0.15, 0.2) is 0 Å². The quantitative estimate of drug-likeness (QED) is 0.760. The van der Waals surface area contributed by atoms with E-state index in [-0.39, 0.29) is 18.4 Å². The zero-order valence-corrected chi connectivity index (χ0v) is 12.1. The number of carbonyl (C=O) groups is 2. The molecule has 4 nitrogen and oxygen atoms in total. The predicted octanol–water partition coefficient (Wildman–Crippen LogP) is 2.98. The predicted molar refractivity (Wildman–Crippen MR) is 77.3 cm³/mol. The van der Waals surface area contributed by atoms with Crippen molar-refractivity contribution in [2.45, 2.75) is 63.8 Å². The average Bonchev–Trinajstić information content (AvgIpc) is 3.07. The molecule has 4 heteroatoms. The van der Waals surface area contributed by atoms with Crippen LogP contribution in [0.4, 0.5) is 0 Å². The van der Waals surface area contributed by atoms with Gasteiger partial charge in [0.05, 0.1) is 5.41 Å². The summed E-state index contributed by atoms with van der Waals surface area (Å²) in [4.78, 5) is 26.0. The summed E-state index contributed by atoms with van der Waals surface area (Å²) in [5.74, 6) is -0.797. The first-order valence-electron chi connectivity index (χ1n) is 7.73. The smallest absolute Gasteiger partial charge is 0.310 e. The lowest BCUT2D eigenvalue weighted by molar-refractivity contribution is -0.153. The molecule has 2 aliphatic carbocycles. The molecule has 2 aliphatic rings. The molecule has 112 valence electrons. The summed E-state index contributed by atoms with van der Waals surface area (Å²) < 4.78 is 0. The van der Waals surface area contributed by atoms with E-state index in [0.29, 0.717) is 19.4 Å². The van der Waals surface area contributed by atoms with Crippen molar-refractivity contribution in [1.82, 2.24) is 4.90 Å². The lowest BCUT2D eigenvalue weighted by Gasteiger charge is -2.32. The van der Waals surface area contributed by atoms with Crippen molar-refractivity contribution < 1.29 is 14.7 Å². The van der Waals surface area contributed by atoms with Crippen molar-refractivity contribution in [1.29, 1.82) is 0 Å². The molecule has 0 radical (unpaired) electrons. The normalized spacial score (nSPS) is 21.8. The van der Waals surface area contributed by atoms with Gasteiger partial charge in [0.2, 0.25) is 5.91 Å². The van der Waals surface area contributed by atoms with Crippen LogP contribution in [0.15, 0.2) is 12.7 Å². The SMILES string of the molecule is C=CCN(C(=O)CC1(C(=O)O)CCCC1)C1CCCC1. The Morgan fingerprint density at radius 1 is 1.20 bits per heavy atom. The van der Waals surface area contributed by atoms with Gasteiger partial charge in [-0.25, -0.2) is 0 Å². The first-order valence-corrected chi connectivity index (χ1v) is 7.73. The number of rotatable bonds is 6. The van der Waals surface area contributed by atoms with Crippen LogP contribution in [0.3, 0.4) is 0 Å². The van der Waals surface area contributed by atoms with Crippen molar-refractivity contribution in [3.05, 3.63) is 12.7 Å². The van der Waals surface area contributed by atoms with E-state index >= 15 is 0 Å². The second-order valence-corrected chi connectivity index (χ2v) is 6.24. The van der Waals surface area contributed by atoms with Crippen molar-refractivity contribution >= 4 is 11.9 Å². The molecule has 0 aromatic rings. The second kappa shape index (κ2) is 6.42. The van der Waals surface area contributed by atoms with Crippen LogP contribution >= 0.6 is 0 Å². The molecule has 0 unspecified atom stereocenters. The molecule has 0 saturated heterocycles. The second-order valence-electron chi connectivity index (χ2n) is 6.24. The number of amides is 1. The molecular formula is C16H25NO3. The van der Waals surface area contributed by atoms with Crippen LogP contribution in [0.25, 0.3) is 0 Å². The van der Waals surface area contributed by atoms with E-state index in [1.165, 1.54) is 0 Å². The minimum absolute atomic E-state index is 0.00102. The largest absolute Gasteiger partial charge is 0.481 e. The van der Waals surface area contributed by atoms with E-state index in [9.17, 15) is 14.7 Å². The fourth-order valence-corrected chi connectivity index (χ4v) is 3.72. The number of carboxylic acid groups (broad SMARTS) is 1. The van der Waals surface area contributed by atoms with Crippen LogP contribution in [0.1, 0.15) is 57.8 Å². The Kier molecular flexibility index (Phi) is 4.84. The van der Waals surface area contributed by atoms with Crippen molar-refractivity contribution in [2.75, 3.05) is 6.54 Å². The summed E-state index contributed by atoms with van der Waals surface area (Å²) >= 11 is 0. The molecule has 2 rings (SSSR count). The molecule has 1 amide bonds. The molecule has 0 atom stereocenters. The van der Waals surface area contributed by atoms with Crippen molar-refractivity contribution in [3.8, 4) is 0 Å². The first-order chi connectivity index (χ1) is 9.59. The Labute approximate surface area is 120 Å². The maximum atomic E-state index is 12.6. The molecule has 0 aromatic carbocycles. The number of carboxylic acids is 1. The van der Waals surface area contributed by atoms with Gasteiger partial charge in [-0.3, -0.25) is 9.59 Å². The lowest BCUT2D eigenvalue weighted by atomic mass is 9.82. The highest BCUT2D eigenvalue weighted by Crippen LogP contribution is 2.42. The summed E-state index contributed by atoms with van der Waals surface area (Å²) in [5, 5.41) is 9.50. The van der Waals surface area contributed by atoms with Crippen LogP contribution in [0.2, 0.25) is 0 Å². The third kappa shape index (κ3) is 3.05. The van der Waals surface area contributed by atoms with E-state index in [0.717, 1.165) is 38.5 Å². The maximum Gasteiger partial charge on any atom is 0.310 e. The van der Waals surface area contributed by atoms with Gasteiger partial charge in [0.25, 0.3) is 0 Å². The van der Waals surface area contributed by atoms with Gasteiger partial charge in [0.1, 0.15) is 0 Å². The molecule has 0 aliphatic heterocycles. The Hall–Kier alpha value is -1.32. The molecule has 0 spiro atoms. The van der Waals surface area contributed by atoms with E-state index in [4.69, 9.17) is 0 Å². The fraction of sp³-hybridized carbons (Fsp3) is 0.750. The topological polar surface area (TPSA) is 57.6 Å². The molecule has 2 fully saturated rings. The van der Waals surface area contributed by atoms with Gasteiger partial charge >= 0.3 is 5.97 Å². The third-order valence-corrected chi connectivity index (χ3v) is 4.92. The highest BCUT2D eigenvalue weighted by atomic mass is 16.4. The van der Waals surface area contributed by atoms with Gasteiger partial charge < -0.3 is 10.0 Å². The number of hydrogen-bond donors (Lipinski definition) is 1. The maximum absolute atomic E-state index is 12.6. The highest BCUT2D eigenvalue weighted by molar-refractivity contribution is 5.85. The molecular weight excluding hydrogens is 254 g/mol. The Bertz CT molecular complexity index is 379. The lowest BCUT2D eigenvalue weighted by Crippen LogP contribution is -2.43. The summed E-state index contributed by atoms with van der Waals surface area (Å²) in [5.41, 5.74) is -0.810. The molecule has 0 heterocycles. The Morgan fingerprint density at radius 3 is 2.30 bits per heavy atom. The molecule has 0 bridgehead atoms. The number of nitrogens with zero attached hydrogens (tertiary/aromatic N) is 1. The summed E-state index contributed by atoms with van der Waals surface area (Å²) in [6.07, 6.45) is 9.44. The van der Waals surface area contributed by atoms with Crippen LogP contribution < -0.4 is 0 Å². The van der Waals surface area contributed by atoms with Crippen LogP contribution in [0, 0.1) is 5.41 Å². The molecule has 0 aromatic heterocycles. The number of carbonyl (C=O) groups excluding carboxylic acids is 1. The van der Waals surface area contributed by atoms with Crippen molar-refractivity contribution in [3.63, 3.8) is 0 Å². The minimum Gasteiger partial charge on any atom is -0.481 e. The van der Waals surface area contributed by atoms with Crippen LogP contribution in [0.5, 0.6) is 0 Å². The van der Waals surface area contributed by atoms with Crippen LogP contribution in [-0.4, -0.2) is 34.5 Å². The van der Waals surface area contributed by atoms with Gasteiger partial charge in [-0.05, 0) is 25.7 Å². The highest BCUT2D eigenvalue weighted by Gasteiger charge is 2.44. The monoisotopic (exact) mass is 279 g/mol. The molecule has 1 N–H and O–H groups in total. The van der Waals surface area contributed by atoms with E-state index in [1.807, 2.05) is 4.90 Å². The summed E-state index contributed by atoms with van der Waals surface area (Å²) in [7, 11) is 0. The Morgan fingerprint density at radius 2 is 1.80 bits per heavy atom. The number of hydrogen-bond acceptors (Lipinski definition) is 2. The summed E-state index contributed by atoms with van der Waals surface area (Å²) in [6.45, 7) is 4.27. The number of aliphatic carboxylic acids is 1. The fourth-order valence-electron chi connectivity index (χ4n) is 3.72. The first kappa shape index (κ1) is 15.1. The van der Waals surface area contributed by atoms with Gasteiger partial charge in [-0.1, -0.05) is 31.8 Å². The van der Waals surface area contributed by atoms with Gasteiger partial charge in [0, 0.05) is 19.0 Å². The third-order valence-electron chi connectivity index (χ3n) is 4.92. The Balaban J connectivity index is 2.06. The van der Waals surface area contributed by atoms with Crippen LogP contribution in [-0.2, 0) is 9.59 Å². The van der Waals surface area contributed by atoms with E-state index in [2.05, 4.69) is 6.58 Å². The zero-order chi connectivity index (χ0) is 14.6. The van der Waals surface area contributed by atoms with E-state index < -0.39 is 11.4 Å². The van der Waals surface area contributed by atoms with Gasteiger partial charge in [-0.15, -0.1) is 6.58 Å². The molecule has 2 saturated carbocycles. The standard InChI is InChI=1S/C16H25NO3/c1-2-11-17(13-7-3-4-8-13)14(18)12-16(15(19)20)9-5-6-10-16/h2,13H,1,3-12H2,(H,19,20). The zero-order valence-electron chi connectivity index (χ0n) is 12.1. The minimum atomic E-state index is -0.810. The van der Waals surface area contributed by atoms with Crippen molar-refractivity contribution in [2.24, 2.45) is 5.41 Å². The summed E-state index contributed by atoms with van der Waals surface area (Å²) in [6, 6.07) is 0.285. The average molecular weight is 279 g/mol.